The van der Waals surface area contributed by atoms with Crippen LogP contribution in [0, 0.1) is 0 Å². The number of sulfone groups is 1. The van der Waals surface area contributed by atoms with Crippen molar-refractivity contribution in [3.63, 3.8) is 0 Å². The van der Waals surface area contributed by atoms with Crippen molar-refractivity contribution < 1.29 is 27.5 Å². The molecular weight excluding hydrogens is 404 g/mol. The third-order valence-electron chi connectivity index (χ3n) is 2.72. The summed E-state index contributed by atoms with van der Waals surface area (Å²) in [6.07, 6.45) is -0.556. The van der Waals surface area contributed by atoms with E-state index in [1.807, 2.05) is 0 Å². The number of ether oxygens (including phenoxy) is 2. The van der Waals surface area contributed by atoms with Crippen LogP contribution in [-0.2, 0) is 19.3 Å². The fourth-order valence-electron chi connectivity index (χ4n) is 1.56. The molecule has 142 valence electrons. The van der Waals surface area contributed by atoms with Crippen molar-refractivity contribution in [2.45, 2.75) is 4.90 Å². The standard InChI is InChI=1S/C13H16N4O6S3/c1-22-12(18)16-10(24)14-8-5-4-7(26(3,20)21)6-9(8)15-11(25)17-13(19)23-2/h4-6H,1-3H3,(H2,14,16,18,24)(H2,15,17,19,25). The lowest BCUT2D eigenvalue weighted by atomic mass is 10.2. The molecule has 0 bridgehead atoms. The molecule has 4 N–H and O–H groups in total. The molecule has 2 amide bonds. The second-order valence-corrected chi connectivity index (χ2v) is 7.45. The van der Waals surface area contributed by atoms with Gasteiger partial charge in [-0.3, -0.25) is 10.6 Å². The number of thiocarbonyl (C=S) groups is 2. The average Bonchev–Trinajstić information content (AvgIpc) is 2.54. The first-order valence-corrected chi connectivity index (χ1v) is 9.43. The molecule has 0 aromatic heterocycles. The highest BCUT2D eigenvalue weighted by molar-refractivity contribution is 7.90. The van der Waals surface area contributed by atoms with Crippen molar-refractivity contribution >= 4 is 68.1 Å². The van der Waals surface area contributed by atoms with Crippen LogP contribution in [0.15, 0.2) is 23.1 Å². The van der Waals surface area contributed by atoms with Crippen molar-refractivity contribution in [3.05, 3.63) is 18.2 Å². The third kappa shape index (κ3) is 6.78. The van der Waals surface area contributed by atoms with Crippen LogP contribution in [0.1, 0.15) is 0 Å². The highest BCUT2D eigenvalue weighted by atomic mass is 32.2. The Morgan fingerprint density at radius 2 is 1.38 bits per heavy atom. The molecule has 0 spiro atoms. The molecule has 13 heteroatoms. The summed E-state index contributed by atoms with van der Waals surface area (Å²) in [6.45, 7) is 0. The van der Waals surface area contributed by atoms with Gasteiger partial charge in [0, 0.05) is 6.26 Å². The Balaban J connectivity index is 3.12. The largest absolute Gasteiger partial charge is 0.453 e. The average molecular weight is 420 g/mol. The van der Waals surface area contributed by atoms with E-state index in [4.69, 9.17) is 24.4 Å². The molecule has 1 aromatic rings. The van der Waals surface area contributed by atoms with E-state index in [9.17, 15) is 18.0 Å². The van der Waals surface area contributed by atoms with Crippen molar-refractivity contribution in [2.24, 2.45) is 0 Å². The summed E-state index contributed by atoms with van der Waals surface area (Å²) >= 11 is 9.91. The zero-order valence-corrected chi connectivity index (χ0v) is 16.4. The predicted molar refractivity (Wildman–Crippen MR) is 103 cm³/mol. The van der Waals surface area contributed by atoms with Gasteiger partial charge in [0.1, 0.15) is 0 Å². The molecule has 0 aliphatic rings. The van der Waals surface area contributed by atoms with Crippen LogP contribution in [0.2, 0.25) is 0 Å². The number of methoxy groups -OCH3 is 2. The summed E-state index contributed by atoms with van der Waals surface area (Å²) in [5.41, 5.74) is 0.469. The maximum atomic E-state index is 11.7. The molecule has 0 radical (unpaired) electrons. The van der Waals surface area contributed by atoms with Gasteiger partial charge >= 0.3 is 12.2 Å². The molecule has 0 atom stereocenters. The van der Waals surface area contributed by atoms with Gasteiger partial charge in [-0.15, -0.1) is 0 Å². The summed E-state index contributed by atoms with van der Waals surface area (Å²) in [5.74, 6) is 0. The second-order valence-electron chi connectivity index (χ2n) is 4.62. The Morgan fingerprint density at radius 1 is 0.923 bits per heavy atom. The van der Waals surface area contributed by atoms with Gasteiger partial charge in [0.05, 0.1) is 30.5 Å². The smallest absolute Gasteiger partial charge is 0.413 e. The number of hydrogen-bond acceptors (Lipinski definition) is 8. The topological polar surface area (TPSA) is 135 Å². The van der Waals surface area contributed by atoms with E-state index in [0.717, 1.165) is 13.4 Å². The summed E-state index contributed by atoms with van der Waals surface area (Å²) in [6, 6.07) is 4.02. The van der Waals surface area contributed by atoms with Crippen LogP contribution >= 0.6 is 24.4 Å². The molecule has 0 heterocycles. The number of nitrogens with one attached hydrogen (secondary N) is 4. The Labute approximate surface area is 160 Å². The maximum Gasteiger partial charge on any atom is 0.413 e. The number of carbonyl (C=O) groups excluding carboxylic acids is 2. The predicted octanol–water partition coefficient (Wildman–Crippen LogP) is 1.20. The first-order valence-electron chi connectivity index (χ1n) is 6.72. The molecule has 10 nitrogen and oxygen atoms in total. The number of benzene rings is 1. The summed E-state index contributed by atoms with van der Waals surface area (Å²) in [7, 11) is -1.17. The van der Waals surface area contributed by atoms with Gasteiger partial charge in [0.15, 0.2) is 20.1 Å². The van der Waals surface area contributed by atoms with Gasteiger partial charge in [-0.2, -0.15) is 0 Å². The molecule has 0 aliphatic carbocycles. The van der Waals surface area contributed by atoms with Crippen molar-refractivity contribution in [1.82, 2.24) is 10.6 Å². The third-order valence-corrected chi connectivity index (χ3v) is 4.24. The van der Waals surface area contributed by atoms with Gasteiger partial charge in [-0.25, -0.2) is 18.0 Å². The summed E-state index contributed by atoms with van der Waals surface area (Å²) < 4.78 is 32.3. The molecule has 0 saturated carbocycles. The molecule has 0 aliphatic heterocycles. The van der Waals surface area contributed by atoms with Crippen LogP contribution in [0.4, 0.5) is 21.0 Å². The lowest BCUT2D eigenvalue weighted by Crippen LogP contribution is -2.35. The van der Waals surface area contributed by atoms with Crippen LogP contribution in [0.3, 0.4) is 0 Å². The first kappa shape index (κ1) is 21.5. The number of rotatable bonds is 3. The molecule has 1 rings (SSSR count). The van der Waals surface area contributed by atoms with Crippen LogP contribution in [0.5, 0.6) is 0 Å². The Hall–Kier alpha value is -2.51. The number of carbonyl (C=O) groups is 2. The molecule has 1 aromatic carbocycles. The fourth-order valence-corrected chi connectivity index (χ4v) is 2.59. The lowest BCUT2D eigenvalue weighted by Gasteiger charge is -2.16. The van der Waals surface area contributed by atoms with Gasteiger partial charge in [0.25, 0.3) is 0 Å². The normalized spacial score (nSPS) is 10.3. The quantitative estimate of drug-likeness (QED) is 0.528. The molecule has 0 fully saturated rings. The number of amides is 2. The van der Waals surface area contributed by atoms with Crippen LogP contribution in [-0.4, -0.2) is 51.3 Å². The minimum absolute atomic E-state index is 0.00161. The highest BCUT2D eigenvalue weighted by Crippen LogP contribution is 2.25. The highest BCUT2D eigenvalue weighted by Gasteiger charge is 2.14. The van der Waals surface area contributed by atoms with Crippen molar-refractivity contribution in [1.29, 1.82) is 0 Å². The number of hydrogen-bond donors (Lipinski definition) is 4. The lowest BCUT2D eigenvalue weighted by molar-refractivity contribution is 0.176. The van der Waals surface area contributed by atoms with E-state index in [-0.39, 0.29) is 26.5 Å². The van der Waals surface area contributed by atoms with Gasteiger partial charge in [-0.1, -0.05) is 0 Å². The van der Waals surface area contributed by atoms with Crippen molar-refractivity contribution in [2.75, 3.05) is 31.1 Å². The van der Waals surface area contributed by atoms with E-state index in [1.165, 1.54) is 25.3 Å². The van der Waals surface area contributed by atoms with Crippen LogP contribution < -0.4 is 21.3 Å². The monoisotopic (exact) mass is 420 g/mol. The van der Waals surface area contributed by atoms with E-state index >= 15 is 0 Å². The zero-order valence-electron chi connectivity index (χ0n) is 13.9. The van der Waals surface area contributed by atoms with E-state index < -0.39 is 22.0 Å². The Kier molecular flexibility index (Phi) is 7.67. The van der Waals surface area contributed by atoms with Crippen LogP contribution in [0.25, 0.3) is 0 Å². The summed E-state index contributed by atoms with van der Waals surface area (Å²) in [5, 5.41) is 9.55. The van der Waals surface area contributed by atoms with Gasteiger partial charge in [-0.05, 0) is 42.6 Å². The van der Waals surface area contributed by atoms with E-state index in [1.54, 1.807) is 0 Å². The summed E-state index contributed by atoms with van der Waals surface area (Å²) in [4.78, 5) is 22.4. The molecular formula is C13H16N4O6S3. The zero-order chi connectivity index (χ0) is 19.9. The maximum absolute atomic E-state index is 11.7. The molecule has 26 heavy (non-hydrogen) atoms. The van der Waals surface area contributed by atoms with Crippen molar-refractivity contribution in [3.8, 4) is 0 Å². The van der Waals surface area contributed by atoms with E-state index in [2.05, 4.69) is 30.7 Å². The SMILES string of the molecule is COC(=O)NC(=S)Nc1ccc(S(C)(=O)=O)cc1NC(=S)NC(=O)OC. The minimum atomic E-state index is -3.50. The Morgan fingerprint density at radius 3 is 1.81 bits per heavy atom. The first-order chi connectivity index (χ1) is 12.1. The molecule has 0 unspecified atom stereocenters. The van der Waals surface area contributed by atoms with Gasteiger partial charge < -0.3 is 20.1 Å². The number of anilines is 2. The molecule has 0 saturated heterocycles. The number of alkyl carbamates (subject to hydrolysis) is 2. The van der Waals surface area contributed by atoms with Gasteiger partial charge in [0.2, 0.25) is 0 Å². The fraction of sp³-hybridized carbons (Fsp3) is 0.231. The van der Waals surface area contributed by atoms with E-state index in [0.29, 0.717) is 0 Å². The second kappa shape index (κ2) is 9.26. The minimum Gasteiger partial charge on any atom is -0.453 e. The Bertz CT molecular complexity index is 840.